The van der Waals surface area contributed by atoms with Gasteiger partial charge in [0.25, 0.3) is 0 Å². The topological polar surface area (TPSA) is 80.3 Å². The fraction of sp³-hybridized carbons (Fsp3) is 0. The molecular formula is C12H11ClN6. The fourth-order valence-electron chi connectivity index (χ4n) is 1.79. The first kappa shape index (κ1) is 11.8. The zero-order chi connectivity index (χ0) is 13.2. The number of benzene rings is 1. The highest BCUT2D eigenvalue weighted by molar-refractivity contribution is 6.30. The summed E-state index contributed by atoms with van der Waals surface area (Å²) in [5.74, 6) is 6.54. The van der Waals surface area contributed by atoms with Crippen LogP contribution in [0.1, 0.15) is 0 Å². The van der Waals surface area contributed by atoms with E-state index in [2.05, 4.69) is 20.7 Å². The smallest absolute Gasteiger partial charge is 0.180 e. The molecule has 19 heavy (non-hydrogen) atoms. The minimum absolute atomic E-state index is 0.537. The van der Waals surface area contributed by atoms with E-state index in [-0.39, 0.29) is 0 Å². The third-order valence-corrected chi connectivity index (χ3v) is 2.84. The van der Waals surface area contributed by atoms with Crippen molar-refractivity contribution in [3.8, 4) is 0 Å². The van der Waals surface area contributed by atoms with E-state index in [1.54, 1.807) is 12.4 Å². The van der Waals surface area contributed by atoms with Gasteiger partial charge >= 0.3 is 0 Å². The van der Waals surface area contributed by atoms with E-state index in [1.165, 1.54) is 0 Å². The van der Waals surface area contributed by atoms with E-state index < -0.39 is 0 Å². The Bertz CT molecular complexity index is 723. The molecule has 0 saturated carbocycles. The van der Waals surface area contributed by atoms with Gasteiger partial charge in [0.1, 0.15) is 0 Å². The van der Waals surface area contributed by atoms with Crippen LogP contribution in [0.25, 0.3) is 5.65 Å². The molecule has 0 amide bonds. The van der Waals surface area contributed by atoms with Crippen LogP contribution in [0.2, 0.25) is 5.02 Å². The first-order chi connectivity index (χ1) is 9.26. The second-order valence-corrected chi connectivity index (χ2v) is 4.35. The SMILES string of the molecule is NNc1cn2ccnc2c(Nc2cccc(Cl)c2)n1. The summed E-state index contributed by atoms with van der Waals surface area (Å²) >= 11 is 5.95. The van der Waals surface area contributed by atoms with Crippen LogP contribution in [0.5, 0.6) is 0 Å². The van der Waals surface area contributed by atoms with Crippen LogP contribution in [0.3, 0.4) is 0 Å². The van der Waals surface area contributed by atoms with Gasteiger partial charge in [0.15, 0.2) is 17.3 Å². The predicted octanol–water partition coefficient (Wildman–Crippen LogP) is 2.41. The fourth-order valence-corrected chi connectivity index (χ4v) is 1.98. The van der Waals surface area contributed by atoms with Gasteiger partial charge in [-0.25, -0.2) is 15.8 Å². The Morgan fingerprint density at radius 1 is 1.32 bits per heavy atom. The van der Waals surface area contributed by atoms with Crippen molar-refractivity contribution in [3.63, 3.8) is 0 Å². The number of anilines is 3. The van der Waals surface area contributed by atoms with E-state index in [9.17, 15) is 0 Å². The molecule has 0 fully saturated rings. The largest absolute Gasteiger partial charge is 0.337 e. The monoisotopic (exact) mass is 274 g/mol. The Morgan fingerprint density at radius 2 is 2.21 bits per heavy atom. The quantitative estimate of drug-likeness (QED) is 0.505. The molecule has 2 heterocycles. The van der Waals surface area contributed by atoms with Crippen molar-refractivity contribution in [2.45, 2.75) is 0 Å². The van der Waals surface area contributed by atoms with E-state index in [1.807, 2.05) is 34.9 Å². The van der Waals surface area contributed by atoms with Crippen LogP contribution in [0.4, 0.5) is 17.3 Å². The lowest BCUT2D eigenvalue weighted by molar-refractivity contribution is 1.11. The highest BCUT2D eigenvalue weighted by atomic mass is 35.5. The number of hydrogen-bond donors (Lipinski definition) is 3. The molecule has 3 rings (SSSR count). The molecule has 0 radical (unpaired) electrons. The molecule has 0 aliphatic carbocycles. The average molecular weight is 275 g/mol. The zero-order valence-corrected chi connectivity index (χ0v) is 10.6. The number of rotatable bonds is 3. The molecule has 0 unspecified atom stereocenters. The maximum absolute atomic E-state index is 5.95. The molecule has 0 aliphatic heterocycles. The van der Waals surface area contributed by atoms with Crippen molar-refractivity contribution < 1.29 is 0 Å². The number of hydrazine groups is 1. The molecule has 96 valence electrons. The second kappa shape index (κ2) is 4.75. The van der Waals surface area contributed by atoms with E-state index in [0.717, 1.165) is 5.69 Å². The number of imidazole rings is 1. The van der Waals surface area contributed by atoms with Crippen molar-refractivity contribution in [2.75, 3.05) is 10.7 Å². The summed E-state index contributed by atoms with van der Waals surface area (Å²) in [5.41, 5.74) is 4.06. The lowest BCUT2D eigenvalue weighted by Crippen LogP contribution is -2.11. The Kier molecular flexibility index (Phi) is 2.94. The van der Waals surface area contributed by atoms with Crippen LogP contribution in [-0.2, 0) is 0 Å². The van der Waals surface area contributed by atoms with Crippen molar-refractivity contribution in [3.05, 3.63) is 47.9 Å². The molecule has 0 saturated heterocycles. The molecular weight excluding hydrogens is 264 g/mol. The molecule has 6 nitrogen and oxygen atoms in total. The van der Waals surface area contributed by atoms with Crippen LogP contribution < -0.4 is 16.6 Å². The molecule has 3 aromatic rings. The van der Waals surface area contributed by atoms with Crippen molar-refractivity contribution in [2.24, 2.45) is 5.84 Å². The van der Waals surface area contributed by atoms with E-state index in [4.69, 9.17) is 17.4 Å². The lowest BCUT2D eigenvalue weighted by Gasteiger charge is -2.09. The number of halogens is 1. The van der Waals surface area contributed by atoms with Crippen molar-refractivity contribution in [1.82, 2.24) is 14.4 Å². The van der Waals surface area contributed by atoms with Crippen molar-refractivity contribution >= 4 is 34.6 Å². The van der Waals surface area contributed by atoms with Gasteiger partial charge in [-0.05, 0) is 18.2 Å². The normalized spacial score (nSPS) is 10.6. The van der Waals surface area contributed by atoms with Gasteiger partial charge in [0.05, 0.1) is 6.20 Å². The second-order valence-electron chi connectivity index (χ2n) is 3.91. The Morgan fingerprint density at radius 3 is 3.00 bits per heavy atom. The average Bonchev–Trinajstić information content (AvgIpc) is 2.87. The number of nitrogen functional groups attached to an aromatic ring is 1. The Labute approximate surface area is 114 Å². The standard InChI is InChI=1S/C12H11ClN6/c13-8-2-1-3-9(6-8)16-11-12-15-4-5-19(12)7-10(17-11)18-14/h1-7,18H,14H2,(H,16,17). The molecule has 1 aromatic carbocycles. The number of nitrogens with one attached hydrogen (secondary N) is 2. The Balaban J connectivity index is 2.06. The number of hydrogen-bond acceptors (Lipinski definition) is 5. The van der Waals surface area contributed by atoms with Gasteiger partial charge in [0, 0.05) is 23.1 Å². The lowest BCUT2D eigenvalue weighted by atomic mass is 10.3. The van der Waals surface area contributed by atoms with Crippen LogP contribution >= 0.6 is 11.6 Å². The van der Waals surface area contributed by atoms with Gasteiger partial charge in [-0.2, -0.15) is 0 Å². The first-order valence-electron chi connectivity index (χ1n) is 5.59. The summed E-state index contributed by atoms with van der Waals surface area (Å²) in [6.07, 6.45) is 5.27. The number of nitrogens with two attached hydrogens (primary N) is 1. The zero-order valence-electron chi connectivity index (χ0n) is 9.84. The van der Waals surface area contributed by atoms with Gasteiger partial charge in [-0.1, -0.05) is 17.7 Å². The maximum Gasteiger partial charge on any atom is 0.180 e. The molecule has 4 N–H and O–H groups in total. The summed E-state index contributed by atoms with van der Waals surface area (Å²) in [5, 5.41) is 3.82. The highest BCUT2D eigenvalue weighted by Crippen LogP contribution is 2.22. The van der Waals surface area contributed by atoms with Gasteiger partial charge in [-0.3, -0.25) is 0 Å². The maximum atomic E-state index is 5.95. The molecule has 2 aromatic heterocycles. The molecule has 0 atom stereocenters. The number of nitrogens with zero attached hydrogens (tertiary/aromatic N) is 3. The summed E-state index contributed by atoms with van der Waals surface area (Å²) in [6.45, 7) is 0. The summed E-state index contributed by atoms with van der Waals surface area (Å²) in [7, 11) is 0. The summed E-state index contributed by atoms with van der Waals surface area (Å²) in [4.78, 5) is 8.59. The molecule has 0 aliphatic rings. The van der Waals surface area contributed by atoms with Crippen LogP contribution in [0.15, 0.2) is 42.9 Å². The van der Waals surface area contributed by atoms with E-state index >= 15 is 0 Å². The molecule has 0 spiro atoms. The van der Waals surface area contributed by atoms with E-state index in [0.29, 0.717) is 22.3 Å². The van der Waals surface area contributed by atoms with Crippen molar-refractivity contribution in [1.29, 1.82) is 0 Å². The summed E-state index contributed by atoms with van der Waals surface area (Å²) < 4.78 is 1.83. The van der Waals surface area contributed by atoms with Gasteiger partial charge in [-0.15, -0.1) is 0 Å². The first-order valence-corrected chi connectivity index (χ1v) is 5.97. The third kappa shape index (κ3) is 2.31. The minimum Gasteiger partial charge on any atom is -0.337 e. The predicted molar refractivity (Wildman–Crippen MR) is 75.5 cm³/mol. The highest BCUT2D eigenvalue weighted by Gasteiger charge is 2.07. The van der Waals surface area contributed by atoms with Gasteiger partial charge < -0.3 is 15.1 Å². The molecule has 0 bridgehead atoms. The van der Waals surface area contributed by atoms with Crippen LogP contribution in [0, 0.1) is 0 Å². The molecule has 7 heteroatoms. The number of fused-ring (bicyclic) bond motifs is 1. The van der Waals surface area contributed by atoms with Gasteiger partial charge in [0.2, 0.25) is 0 Å². The minimum atomic E-state index is 0.537. The third-order valence-electron chi connectivity index (χ3n) is 2.61. The number of aromatic nitrogens is 3. The summed E-state index contributed by atoms with van der Waals surface area (Å²) in [6, 6.07) is 7.38. The van der Waals surface area contributed by atoms with Crippen LogP contribution in [-0.4, -0.2) is 14.4 Å². The Hall–Kier alpha value is -2.31.